The number of nitrogens with zero attached hydrogens (tertiary/aromatic N) is 2. The second-order valence-corrected chi connectivity index (χ2v) is 6.62. The van der Waals surface area contributed by atoms with E-state index in [1.165, 1.54) is 6.07 Å². The average Bonchev–Trinajstić information content (AvgIpc) is 2.76. The van der Waals surface area contributed by atoms with Gasteiger partial charge in [-0.25, -0.2) is 4.39 Å². The molecule has 0 aliphatic rings. The van der Waals surface area contributed by atoms with Gasteiger partial charge in [-0.15, -0.1) is 24.0 Å². The zero-order chi connectivity index (χ0) is 20.5. The minimum atomic E-state index is -0.199. The van der Waals surface area contributed by atoms with E-state index in [-0.39, 0.29) is 29.8 Å². The van der Waals surface area contributed by atoms with Crippen LogP contribution in [0.4, 0.5) is 4.39 Å². The summed E-state index contributed by atoms with van der Waals surface area (Å²) in [6.45, 7) is 3.25. The van der Waals surface area contributed by atoms with Crippen molar-refractivity contribution >= 4 is 29.9 Å². The van der Waals surface area contributed by atoms with E-state index < -0.39 is 0 Å². The SMILES string of the molecule is CN=C(NCc1cccc(OCc2ccccn2)c1)NCc1ccc(C)c(F)c1.I. The molecule has 158 valence electrons. The molecule has 0 bridgehead atoms. The number of nitrogens with one attached hydrogen (secondary N) is 2. The van der Waals surface area contributed by atoms with Gasteiger partial charge in [0, 0.05) is 26.3 Å². The van der Waals surface area contributed by atoms with Crippen LogP contribution in [0.5, 0.6) is 5.75 Å². The maximum absolute atomic E-state index is 13.7. The van der Waals surface area contributed by atoms with Gasteiger partial charge in [-0.2, -0.15) is 0 Å². The molecule has 5 nitrogen and oxygen atoms in total. The maximum Gasteiger partial charge on any atom is 0.191 e. The smallest absolute Gasteiger partial charge is 0.191 e. The van der Waals surface area contributed by atoms with Crippen LogP contribution in [-0.2, 0) is 19.7 Å². The van der Waals surface area contributed by atoms with Gasteiger partial charge >= 0.3 is 0 Å². The standard InChI is InChI=1S/C23H25FN4O.HI/c1-17-9-10-19(13-22(17)24)15-28-23(25-2)27-14-18-6-5-8-21(12-18)29-16-20-7-3-4-11-26-20;/h3-13H,14-16H2,1-2H3,(H2,25,27,28);1H. The Labute approximate surface area is 193 Å². The van der Waals surface area contributed by atoms with Gasteiger partial charge < -0.3 is 15.4 Å². The number of rotatable bonds is 7. The quantitative estimate of drug-likeness (QED) is 0.272. The predicted molar refractivity (Wildman–Crippen MR) is 129 cm³/mol. The number of hydrogen-bond donors (Lipinski definition) is 2. The van der Waals surface area contributed by atoms with E-state index in [9.17, 15) is 4.39 Å². The minimum Gasteiger partial charge on any atom is -0.487 e. The van der Waals surface area contributed by atoms with Crippen LogP contribution in [0.2, 0.25) is 0 Å². The fourth-order valence-electron chi connectivity index (χ4n) is 2.72. The number of aryl methyl sites for hydroxylation is 1. The molecule has 0 spiro atoms. The third kappa shape index (κ3) is 7.29. The Bertz CT molecular complexity index is 966. The van der Waals surface area contributed by atoms with Gasteiger partial charge in [0.2, 0.25) is 0 Å². The van der Waals surface area contributed by atoms with Gasteiger partial charge in [-0.1, -0.05) is 30.3 Å². The summed E-state index contributed by atoms with van der Waals surface area (Å²) in [6.07, 6.45) is 1.75. The monoisotopic (exact) mass is 520 g/mol. The number of ether oxygens (including phenoxy) is 1. The van der Waals surface area contributed by atoms with Gasteiger partial charge in [-0.05, 0) is 53.9 Å². The zero-order valence-electron chi connectivity index (χ0n) is 17.1. The van der Waals surface area contributed by atoms with Gasteiger partial charge in [-0.3, -0.25) is 9.98 Å². The number of aliphatic imine (C=N–C) groups is 1. The highest BCUT2D eigenvalue weighted by atomic mass is 127. The van der Waals surface area contributed by atoms with Crippen molar-refractivity contribution < 1.29 is 9.13 Å². The first kappa shape index (κ1) is 23.6. The van der Waals surface area contributed by atoms with Crippen molar-refractivity contribution in [2.75, 3.05) is 7.05 Å². The molecule has 1 aromatic heterocycles. The lowest BCUT2D eigenvalue weighted by Crippen LogP contribution is -2.36. The third-order valence-electron chi connectivity index (χ3n) is 4.39. The predicted octanol–water partition coefficient (Wildman–Crippen LogP) is 4.59. The maximum atomic E-state index is 13.7. The Morgan fingerprint density at radius 1 is 1.00 bits per heavy atom. The van der Waals surface area contributed by atoms with Crippen LogP contribution in [0, 0.1) is 12.7 Å². The molecule has 2 N–H and O–H groups in total. The lowest BCUT2D eigenvalue weighted by atomic mass is 10.1. The van der Waals surface area contributed by atoms with Crippen molar-refractivity contribution in [1.29, 1.82) is 0 Å². The summed E-state index contributed by atoms with van der Waals surface area (Å²) in [5.74, 6) is 1.23. The van der Waals surface area contributed by atoms with Crippen LogP contribution >= 0.6 is 24.0 Å². The molecular weight excluding hydrogens is 494 g/mol. The van der Waals surface area contributed by atoms with Crippen molar-refractivity contribution in [2.45, 2.75) is 26.6 Å². The molecule has 30 heavy (non-hydrogen) atoms. The first-order valence-electron chi connectivity index (χ1n) is 9.45. The molecule has 0 aliphatic heterocycles. The number of benzene rings is 2. The Morgan fingerprint density at radius 2 is 1.77 bits per heavy atom. The molecule has 0 radical (unpaired) electrons. The first-order chi connectivity index (χ1) is 14.1. The minimum absolute atomic E-state index is 0. The molecular formula is C23H26FIN4O. The molecule has 0 unspecified atom stereocenters. The molecule has 0 saturated carbocycles. The van der Waals surface area contributed by atoms with E-state index in [4.69, 9.17) is 4.74 Å². The number of guanidine groups is 1. The van der Waals surface area contributed by atoms with E-state index in [1.54, 1.807) is 26.2 Å². The summed E-state index contributed by atoms with van der Waals surface area (Å²) in [6, 6.07) is 18.9. The van der Waals surface area contributed by atoms with Crippen molar-refractivity contribution in [3.05, 3.63) is 95.1 Å². The molecule has 1 heterocycles. The third-order valence-corrected chi connectivity index (χ3v) is 4.39. The molecule has 3 rings (SSSR count). The van der Waals surface area contributed by atoms with E-state index >= 15 is 0 Å². The summed E-state index contributed by atoms with van der Waals surface area (Å²) < 4.78 is 19.5. The highest BCUT2D eigenvalue weighted by molar-refractivity contribution is 14.0. The van der Waals surface area contributed by atoms with Gasteiger partial charge in [0.05, 0.1) is 5.69 Å². The molecule has 0 aliphatic carbocycles. The summed E-state index contributed by atoms with van der Waals surface area (Å²) in [4.78, 5) is 8.48. The number of hydrogen-bond acceptors (Lipinski definition) is 3. The van der Waals surface area contributed by atoms with E-state index in [1.807, 2.05) is 48.5 Å². The molecule has 7 heteroatoms. The van der Waals surface area contributed by atoms with E-state index in [2.05, 4.69) is 20.6 Å². The van der Waals surface area contributed by atoms with Crippen LogP contribution in [0.1, 0.15) is 22.4 Å². The van der Waals surface area contributed by atoms with Crippen LogP contribution in [0.15, 0.2) is 71.9 Å². The van der Waals surface area contributed by atoms with Gasteiger partial charge in [0.15, 0.2) is 5.96 Å². The Morgan fingerprint density at radius 3 is 2.43 bits per heavy atom. The molecule has 0 amide bonds. The molecule has 2 aromatic carbocycles. The Hall–Kier alpha value is -2.68. The van der Waals surface area contributed by atoms with E-state index in [0.717, 1.165) is 22.6 Å². The largest absolute Gasteiger partial charge is 0.487 e. The van der Waals surface area contributed by atoms with Crippen LogP contribution in [-0.4, -0.2) is 18.0 Å². The normalized spacial score (nSPS) is 10.8. The molecule has 3 aromatic rings. The van der Waals surface area contributed by atoms with Crippen molar-refractivity contribution in [2.24, 2.45) is 4.99 Å². The summed E-state index contributed by atoms with van der Waals surface area (Å²) in [5.41, 5.74) is 3.45. The van der Waals surface area contributed by atoms with Gasteiger partial charge in [0.1, 0.15) is 18.2 Å². The topological polar surface area (TPSA) is 58.5 Å². The second kappa shape index (κ2) is 12.1. The summed E-state index contributed by atoms with van der Waals surface area (Å²) in [5, 5.41) is 6.46. The Kier molecular flexibility index (Phi) is 9.53. The number of aromatic nitrogens is 1. The average molecular weight is 520 g/mol. The van der Waals surface area contributed by atoms with Crippen molar-refractivity contribution in [3.8, 4) is 5.75 Å². The lowest BCUT2D eigenvalue weighted by Gasteiger charge is -2.13. The van der Waals surface area contributed by atoms with Gasteiger partial charge in [0.25, 0.3) is 0 Å². The van der Waals surface area contributed by atoms with Crippen LogP contribution in [0.3, 0.4) is 0 Å². The Balaban J connectivity index is 0.00000320. The number of pyridine rings is 1. The molecule has 0 fully saturated rings. The highest BCUT2D eigenvalue weighted by Crippen LogP contribution is 2.15. The summed E-state index contributed by atoms with van der Waals surface area (Å²) in [7, 11) is 1.71. The summed E-state index contributed by atoms with van der Waals surface area (Å²) >= 11 is 0. The van der Waals surface area contributed by atoms with E-state index in [0.29, 0.717) is 31.2 Å². The van der Waals surface area contributed by atoms with Crippen molar-refractivity contribution in [1.82, 2.24) is 15.6 Å². The zero-order valence-corrected chi connectivity index (χ0v) is 19.4. The first-order valence-corrected chi connectivity index (χ1v) is 9.45. The molecule has 0 atom stereocenters. The van der Waals surface area contributed by atoms with Crippen molar-refractivity contribution in [3.63, 3.8) is 0 Å². The fraction of sp³-hybridized carbons (Fsp3) is 0.217. The fourth-order valence-corrected chi connectivity index (χ4v) is 2.72. The number of halogens is 2. The van der Waals surface area contributed by atoms with Crippen LogP contribution in [0.25, 0.3) is 0 Å². The lowest BCUT2D eigenvalue weighted by molar-refractivity contribution is 0.301. The van der Waals surface area contributed by atoms with Crippen LogP contribution < -0.4 is 15.4 Å². The second-order valence-electron chi connectivity index (χ2n) is 6.62. The highest BCUT2D eigenvalue weighted by Gasteiger charge is 2.03. The molecule has 0 saturated heterocycles.